The maximum Gasteiger partial charge on any atom is 0.0543 e. The minimum atomic E-state index is -0.00830. The maximum atomic E-state index is 10.3. The molecule has 0 spiro atoms. The van der Waals surface area contributed by atoms with Gasteiger partial charge >= 0.3 is 0 Å². The molecule has 162 valence electrons. The van der Waals surface area contributed by atoms with E-state index in [4.69, 9.17) is 0 Å². The molecule has 9 atom stereocenters. The minimum Gasteiger partial charge on any atom is -0.393 e. The molecule has 4 aliphatic carbocycles. The van der Waals surface area contributed by atoms with E-state index in [0.29, 0.717) is 10.8 Å². The Morgan fingerprint density at radius 2 is 1.54 bits per heavy atom. The molecule has 0 saturated heterocycles. The van der Waals surface area contributed by atoms with Crippen LogP contribution in [-0.4, -0.2) is 11.2 Å². The van der Waals surface area contributed by atoms with Gasteiger partial charge in [0.15, 0.2) is 0 Å². The summed E-state index contributed by atoms with van der Waals surface area (Å²) in [5.74, 6) is 6.49. The van der Waals surface area contributed by atoms with Gasteiger partial charge in [0.2, 0.25) is 0 Å². The summed E-state index contributed by atoms with van der Waals surface area (Å²) >= 11 is 0. The van der Waals surface area contributed by atoms with Crippen molar-refractivity contribution in [3.63, 3.8) is 0 Å². The average Bonchev–Trinajstić information content (AvgIpc) is 2.99. The third-order valence-corrected chi connectivity index (χ3v) is 10.8. The summed E-state index contributed by atoms with van der Waals surface area (Å²) in [5.41, 5.74) is 1.15. The van der Waals surface area contributed by atoms with E-state index in [-0.39, 0.29) is 6.10 Å². The van der Waals surface area contributed by atoms with Crippen LogP contribution in [0.2, 0.25) is 0 Å². The normalized spacial score (nSPS) is 49.4. The highest BCUT2D eigenvalue weighted by atomic mass is 16.3. The molecule has 4 fully saturated rings. The van der Waals surface area contributed by atoms with Crippen LogP contribution in [0.25, 0.3) is 0 Å². The molecule has 0 radical (unpaired) electrons. The van der Waals surface area contributed by atoms with E-state index in [1.165, 1.54) is 64.2 Å². The average molecular weight is 389 g/mol. The molecule has 0 heterocycles. The summed E-state index contributed by atoms with van der Waals surface area (Å²) in [6, 6.07) is 0. The molecule has 4 saturated carbocycles. The first-order chi connectivity index (χ1) is 13.3. The lowest BCUT2D eigenvalue weighted by molar-refractivity contribution is -0.129. The first kappa shape index (κ1) is 21.2. The predicted octanol–water partition coefficient (Wildman–Crippen LogP) is 7.47. The smallest absolute Gasteiger partial charge is 0.0543 e. The van der Waals surface area contributed by atoms with Crippen LogP contribution in [0.15, 0.2) is 0 Å². The van der Waals surface area contributed by atoms with Gasteiger partial charge in [-0.15, -0.1) is 0 Å². The standard InChI is InChI=1S/C27H48O/c1-18(2)7-6-8-19(3)23-11-12-24-22-10-9-20-17-21(28)13-15-26(20,4)25(22)14-16-27(23,24)5/h18-25,28H,6-17H2,1-5H3/t19?,20-,21-,22-,23+,24-,25-,26-,27+/m0/s1. The van der Waals surface area contributed by atoms with Crippen LogP contribution in [0.5, 0.6) is 0 Å². The molecule has 0 aromatic heterocycles. The molecule has 1 nitrogen and oxygen atoms in total. The maximum absolute atomic E-state index is 10.3. The van der Waals surface area contributed by atoms with Gasteiger partial charge in [-0.1, -0.05) is 53.9 Å². The van der Waals surface area contributed by atoms with Gasteiger partial charge in [0.25, 0.3) is 0 Å². The van der Waals surface area contributed by atoms with Crippen molar-refractivity contribution >= 4 is 0 Å². The van der Waals surface area contributed by atoms with Crippen LogP contribution in [0, 0.1) is 52.3 Å². The monoisotopic (exact) mass is 388 g/mol. The topological polar surface area (TPSA) is 20.2 Å². The fourth-order valence-electron chi connectivity index (χ4n) is 9.26. The van der Waals surface area contributed by atoms with Crippen LogP contribution in [0.3, 0.4) is 0 Å². The van der Waals surface area contributed by atoms with E-state index in [9.17, 15) is 5.11 Å². The molecule has 28 heavy (non-hydrogen) atoms. The second kappa shape index (κ2) is 7.90. The summed E-state index contributed by atoms with van der Waals surface area (Å²) in [6.07, 6.45) is 16.6. The van der Waals surface area contributed by atoms with Gasteiger partial charge in [0.1, 0.15) is 0 Å². The van der Waals surface area contributed by atoms with Crippen molar-refractivity contribution in [2.75, 3.05) is 0 Å². The molecule has 0 amide bonds. The van der Waals surface area contributed by atoms with Gasteiger partial charge in [-0.2, -0.15) is 0 Å². The largest absolute Gasteiger partial charge is 0.393 e. The van der Waals surface area contributed by atoms with Crippen molar-refractivity contribution in [1.82, 2.24) is 0 Å². The first-order valence-electron chi connectivity index (χ1n) is 12.9. The Morgan fingerprint density at radius 3 is 2.29 bits per heavy atom. The van der Waals surface area contributed by atoms with E-state index in [1.807, 2.05) is 0 Å². The quantitative estimate of drug-likeness (QED) is 0.518. The Hall–Kier alpha value is -0.0400. The van der Waals surface area contributed by atoms with Gasteiger partial charge in [-0.05, 0) is 110 Å². The highest BCUT2D eigenvalue weighted by Gasteiger charge is 2.60. The lowest BCUT2D eigenvalue weighted by atomic mass is 9.44. The number of fused-ring (bicyclic) bond motifs is 5. The first-order valence-corrected chi connectivity index (χ1v) is 12.9. The third-order valence-electron chi connectivity index (χ3n) is 10.8. The Labute approximate surface area is 175 Å². The van der Waals surface area contributed by atoms with Crippen LogP contribution in [0.4, 0.5) is 0 Å². The van der Waals surface area contributed by atoms with Gasteiger partial charge in [0, 0.05) is 0 Å². The van der Waals surface area contributed by atoms with Crippen molar-refractivity contribution in [3.05, 3.63) is 0 Å². The molecule has 0 aromatic carbocycles. The van der Waals surface area contributed by atoms with Crippen molar-refractivity contribution in [2.24, 2.45) is 52.3 Å². The zero-order valence-electron chi connectivity index (χ0n) is 19.6. The highest BCUT2D eigenvalue weighted by molar-refractivity contribution is 5.09. The predicted molar refractivity (Wildman–Crippen MR) is 119 cm³/mol. The Balaban J connectivity index is 1.46. The molecular weight excluding hydrogens is 340 g/mol. The molecule has 1 unspecified atom stereocenters. The van der Waals surface area contributed by atoms with Crippen molar-refractivity contribution in [2.45, 2.75) is 118 Å². The zero-order chi connectivity index (χ0) is 20.1. The van der Waals surface area contributed by atoms with Crippen LogP contribution in [-0.2, 0) is 0 Å². The van der Waals surface area contributed by atoms with E-state index in [2.05, 4.69) is 34.6 Å². The van der Waals surface area contributed by atoms with E-state index >= 15 is 0 Å². The third kappa shape index (κ3) is 3.50. The minimum absolute atomic E-state index is 0.00830. The lowest BCUT2D eigenvalue weighted by Crippen LogP contribution is -2.54. The van der Waals surface area contributed by atoms with E-state index in [1.54, 1.807) is 0 Å². The Morgan fingerprint density at radius 1 is 0.821 bits per heavy atom. The SMILES string of the molecule is CC(C)CCCC(C)[C@H]1CC[C@H]2[C@@H]3CC[C@H]4C[C@@H](O)CC[C@]4(C)[C@H]3CC[C@]12C. The molecule has 1 N–H and O–H groups in total. The summed E-state index contributed by atoms with van der Waals surface area (Å²) in [5, 5.41) is 10.3. The van der Waals surface area contributed by atoms with Crippen LogP contribution < -0.4 is 0 Å². The van der Waals surface area contributed by atoms with Crippen LogP contribution >= 0.6 is 0 Å². The Bertz CT molecular complexity index is 540. The molecule has 0 aliphatic heterocycles. The van der Waals surface area contributed by atoms with Crippen LogP contribution in [0.1, 0.15) is 112 Å². The summed E-state index contributed by atoms with van der Waals surface area (Å²) in [4.78, 5) is 0. The number of aliphatic hydroxyl groups excluding tert-OH is 1. The number of aliphatic hydroxyl groups is 1. The lowest BCUT2D eigenvalue weighted by Gasteiger charge is -2.61. The Kier molecular flexibility index (Phi) is 5.98. The molecule has 0 bridgehead atoms. The summed E-state index contributed by atoms with van der Waals surface area (Å²) in [7, 11) is 0. The second-order valence-corrected chi connectivity index (χ2v) is 12.6. The summed E-state index contributed by atoms with van der Waals surface area (Å²) in [6.45, 7) is 12.7. The zero-order valence-corrected chi connectivity index (χ0v) is 19.6. The van der Waals surface area contributed by atoms with Crippen molar-refractivity contribution in [1.29, 1.82) is 0 Å². The molecular formula is C27H48O. The fraction of sp³-hybridized carbons (Fsp3) is 1.00. The van der Waals surface area contributed by atoms with Gasteiger partial charge in [0.05, 0.1) is 6.10 Å². The highest BCUT2D eigenvalue weighted by Crippen LogP contribution is 2.68. The molecule has 1 heteroatoms. The van der Waals surface area contributed by atoms with Crippen molar-refractivity contribution in [3.8, 4) is 0 Å². The number of hydrogen-bond acceptors (Lipinski definition) is 1. The van der Waals surface area contributed by atoms with Crippen molar-refractivity contribution < 1.29 is 5.11 Å². The molecule has 0 aromatic rings. The van der Waals surface area contributed by atoms with Gasteiger partial charge < -0.3 is 5.11 Å². The molecule has 4 rings (SSSR count). The van der Waals surface area contributed by atoms with Gasteiger partial charge in [-0.25, -0.2) is 0 Å². The van der Waals surface area contributed by atoms with E-state index < -0.39 is 0 Å². The number of rotatable bonds is 5. The molecule has 4 aliphatic rings. The summed E-state index contributed by atoms with van der Waals surface area (Å²) < 4.78 is 0. The van der Waals surface area contributed by atoms with E-state index in [0.717, 1.165) is 54.3 Å². The van der Waals surface area contributed by atoms with Gasteiger partial charge in [-0.3, -0.25) is 0 Å². The fourth-order valence-corrected chi connectivity index (χ4v) is 9.26. The number of hydrogen-bond donors (Lipinski definition) is 1. The second-order valence-electron chi connectivity index (χ2n) is 12.6.